The second-order valence-electron chi connectivity index (χ2n) is 7.12. The number of carbonyl (C=O) groups excluding carboxylic acids is 2. The van der Waals surface area contributed by atoms with Gasteiger partial charge in [0.15, 0.2) is 6.10 Å². The molecule has 0 saturated carbocycles. The number of quaternary nitrogens is 1. The molecule has 0 radical (unpaired) electrons. The highest BCUT2D eigenvalue weighted by molar-refractivity contribution is 7.47. The van der Waals surface area contributed by atoms with E-state index in [4.69, 9.17) is 106 Å². The zero-order valence-corrected chi connectivity index (χ0v) is 26.6. The van der Waals surface area contributed by atoms with Crippen molar-refractivity contribution >= 4 is 19.8 Å². The lowest BCUT2D eigenvalue weighted by Gasteiger charge is -2.24. The third-order valence-corrected chi connectivity index (χ3v) is 4.22. The second kappa shape index (κ2) is 35.5. The minimum absolute atomic E-state index is 2.67. The summed E-state index contributed by atoms with van der Waals surface area (Å²) in [4.78, 5) is 39.0. The third-order valence-electron chi connectivity index (χ3n) is 3.43. The Balaban J connectivity index is 8.98. The fourth-order valence-electron chi connectivity index (χ4n) is 1.77. The second-order valence-corrected chi connectivity index (χ2v) is 8.49. The molecule has 0 aliphatic heterocycles. The highest BCUT2D eigenvalue weighted by Gasteiger charge is 2.27. The molecule has 1 N–H and O–H groups in total. The Morgan fingerprint density at radius 3 is 1.58 bits per heavy atom. The van der Waals surface area contributed by atoms with Crippen LogP contribution in [0.2, 0.25) is 0 Å². The van der Waals surface area contributed by atoms with Crippen LogP contribution in [0, 0.1) is 0 Å². The van der Waals surface area contributed by atoms with Crippen LogP contribution in [0.3, 0.4) is 0 Å². The molecule has 0 aliphatic carbocycles. The Labute approximate surface area is 428 Å². The molecule has 308 valence electrons. The molecule has 1 unspecified atom stereocenters. The van der Waals surface area contributed by atoms with Gasteiger partial charge in [0.25, 0.3) is 0 Å². The van der Waals surface area contributed by atoms with E-state index in [0.29, 0.717) is 0 Å². The summed E-state index contributed by atoms with van der Waals surface area (Å²) >= 11 is 0. The molecule has 0 aromatic heterocycles. The summed E-state index contributed by atoms with van der Waals surface area (Å²) in [5, 5.41) is 0. The zero-order chi connectivity index (χ0) is 107. The van der Waals surface area contributed by atoms with Crippen molar-refractivity contribution in [3.05, 3.63) is 12.1 Å². The molecule has 9 nitrogen and oxygen atoms in total. The van der Waals surface area contributed by atoms with Gasteiger partial charge in [-0.1, -0.05) is 153 Å². The van der Waals surface area contributed by atoms with Crippen molar-refractivity contribution in [1.29, 1.82) is 0 Å². The summed E-state index contributed by atoms with van der Waals surface area (Å²) in [7, 11) is -7.22. The molecule has 0 bridgehead atoms. The van der Waals surface area contributed by atoms with Gasteiger partial charge in [0, 0.05) is 97.7 Å². The van der Waals surface area contributed by atoms with Crippen molar-refractivity contribution in [2.24, 2.45) is 0 Å². The predicted octanol–water partition coefficient (Wildman–Crippen LogP) is 11.8. The molecule has 52 heavy (non-hydrogen) atoms. The van der Waals surface area contributed by atoms with Crippen LogP contribution in [0.4, 0.5) is 0 Å². The highest BCUT2D eigenvalue weighted by atomic mass is 31.2. The van der Waals surface area contributed by atoms with Gasteiger partial charge in [-0.3, -0.25) is 18.6 Å². The molecule has 0 amide bonds. The van der Waals surface area contributed by atoms with Crippen molar-refractivity contribution in [2.75, 3.05) is 47.2 Å². The van der Waals surface area contributed by atoms with Gasteiger partial charge in [0.1, 0.15) is 19.7 Å². The first kappa shape index (κ1) is 7.82. The van der Waals surface area contributed by atoms with E-state index < -0.39 is 282 Å². The molecule has 0 spiro atoms. The van der Waals surface area contributed by atoms with Crippen molar-refractivity contribution in [1.82, 2.24) is 0 Å². The van der Waals surface area contributed by atoms with Gasteiger partial charge < -0.3 is 18.9 Å². The number of hydrogen-bond acceptors (Lipinski definition) is 7. The van der Waals surface area contributed by atoms with E-state index >= 15 is 0 Å². The van der Waals surface area contributed by atoms with Crippen LogP contribution in [0.25, 0.3) is 0 Å². The molecule has 0 aromatic carbocycles. The Hall–Kier alpha value is -1.25. The molecule has 0 heterocycles. The lowest BCUT2D eigenvalue weighted by Crippen LogP contribution is -2.37. The molecule has 0 rings (SSSR count). The van der Waals surface area contributed by atoms with Crippen LogP contribution in [0.15, 0.2) is 12.1 Å². The lowest BCUT2D eigenvalue weighted by atomic mass is 10.0. The van der Waals surface area contributed by atoms with Crippen LogP contribution in [0.1, 0.15) is 298 Å². The minimum Gasteiger partial charge on any atom is -0.462 e. The van der Waals surface area contributed by atoms with Gasteiger partial charge in [-0.15, -0.1) is 0 Å². The number of ether oxygens (including phenoxy) is 2. The normalized spacial score (nSPS) is 45.5. The highest BCUT2D eigenvalue weighted by Crippen LogP contribution is 2.43. The summed E-state index contributed by atoms with van der Waals surface area (Å²) < 4.78 is 656. The smallest absolute Gasteiger partial charge is 0.462 e. The maximum absolute atomic E-state index is 14.2. The monoisotopic (exact) mass is 838 g/mol. The summed E-state index contributed by atoms with van der Waals surface area (Å²) in [6.45, 7) is -39.4. The van der Waals surface area contributed by atoms with E-state index in [1.807, 2.05) is 0 Å². The molecule has 0 saturated heterocycles. The maximum Gasteiger partial charge on any atom is 0.472 e. The first-order valence-electron chi connectivity index (χ1n) is 51.0. The van der Waals surface area contributed by atoms with Crippen LogP contribution >= 0.6 is 7.82 Å². The van der Waals surface area contributed by atoms with Gasteiger partial charge in [-0.25, -0.2) is 4.57 Å². The van der Waals surface area contributed by atoms with Gasteiger partial charge in [-0.2, -0.15) is 0 Å². The van der Waals surface area contributed by atoms with Crippen LogP contribution in [-0.2, 0) is 32.7 Å². The SMILES string of the molecule is [2H]/C(=C(\[2H])C([2H])([2H])C([2H])([2H])C([2H])([2H])C([2H])([2H])C([2H])([2H])C([2H])([2H])C([2H])([2H])C([2H])([2H])[2H])C([2H])([2H])C([2H])([2H])C([2H])([2H])C([2H])([2H])C([2H])([2H])C([2H])([2H])C([2H])([2H])C(=O)O[C@H](COC(=O)C([2H])([2H])C([2H])([2H])C([2H])([2H])C([2H])([2H])C([2H])([2H])C([2H])([2H])C([2H])([2H])C([2H])([2H])C([2H])([2H])C([2H])([2H])C([2H])([2H])C([2H])([2H])C([2H])([2H])C([2H])([2H])C([2H])([2H])[2H])COP(=O)(O)OC([2H])([2H])C([2H])([2H])[N+](C([2H])([2H])[2H])(C([2H])([2H])[2H])C([2H])([2H])[2H]. The Bertz CT molecular complexity index is 4080. The average molecular weight is 839 g/mol. The molecule has 2 atom stereocenters. The van der Waals surface area contributed by atoms with E-state index in [0.717, 1.165) is 0 Å². The van der Waals surface area contributed by atoms with E-state index in [-0.39, 0.29) is 0 Å². The third kappa shape index (κ3) is 38.5. The largest absolute Gasteiger partial charge is 0.472 e. The molecular weight excluding hydrogens is 677 g/mol. The first-order valence-corrected chi connectivity index (χ1v) is 14.0. The van der Waals surface area contributed by atoms with E-state index in [2.05, 4.69) is 18.5 Å². The number of carbonyl (C=O) groups is 2. The number of allylic oxidation sites excluding steroid dienone is 2. The van der Waals surface area contributed by atoms with Crippen molar-refractivity contribution in [3.63, 3.8) is 0 Å². The molecule has 0 fully saturated rings. The first-order chi connectivity index (χ1) is 54.4. The summed E-state index contributed by atoms with van der Waals surface area (Å²) in [5.74, 6) is -6.75. The summed E-state index contributed by atoms with van der Waals surface area (Å²) in [5.41, 5.74) is 0. The summed E-state index contributed by atoms with van der Waals surface area (Å²) in [6.07, 6.45) is -153. The number of phosphoric acid groups is 1. The quantitative estimate of drug-likeness (QED) is 0.0282. The van der Waals surface area contributed by atoms with Crippen molar-refractivity contribution in [2.45, 2.75) is 198 Å². The topological polar surface area (TPSA) is 108 Å². The number of phosphoric ester groups is 1. The van der Waals surface area contributed by atoms with Crippen LogP contribution < -0.4 is 0 Å². The zero-order valence-electron chi connectivity index (χ0n) is 103. The maximum atomic E-state index is 14.2. The van der Waals surface area contributed by atoms with Gasteiger partial charge >= 0.3 is 19.8 Å². The van der Waals surface area contributed by atoms with E-state index in [1.165, 1.54) is 0 Å². The molecule has 10 heteroatoms. The van der Waals surface area contributed by atoms with E-state index in [1.54, 1.807) is 0 Å². The van der Waals surface area contributed by atoms with Gasteiger partial charge in [0.2, 0.25) is 0 Å². The van der Waals surface area contributed by atoms with Gasteiger partial charge in [0.05, 0.1) is 48.1 Å². The van der Waals surface area contributed by atoms with Crippen molar-refractivity contribution < 1.29 is 148 Å². The molecule has 0 aromatic rings. The number of hydrogen-bond donors (Lipinski definition) is 1. The Kier molecular flexibility index (Phi) is 5.33. The standard InChI is InChI=1S/C42H82NO8P/c1-6-8-10-12-14-16-18-20-21-23-25-27-29-31-33-35-42(45)51-40(39-50-52(46,47)49-37-36-43(3,4)5)38-48-41(44)34-32-30-28-26-24-22-19-17-15-13-11-9-7-2/h20-21,40H,6-19,22-39H2,1-5H3/p+1/b21-20-/t40-/m1/s1/i1D3,2D3,3D3,4D3,5D3,6D2,7D2,8D2,9D2,10D2,11D2,12D2,13D2,14D2,15D2,16D2,17D2,18D2,19D2,20D,21D,22D2,23D2,24D2,25D2,26D2,27D2,28D2,29D2,30D2,31D2,32D2,33D2,34D2,35D2,36D2,37D2. The molecule has 0 aliphatic rings. The lowest BCUT2D eigenvalue weighted by molar-refractivity contribution is -0.870. The minimum atomic E-state index is -7.22. The fourth-order valence-corrected chi connectivity index (χ4v) is 2.33. The fraction of sp³-hybridized carbons (Fsp3) is 0.905. The predicted molar refractivity (Wildman–Crippen MR) is 215 cm³/mol. The van der Waals surface area contributed by atoms with Crippen LogP contribution in [0.5, 0.6) is 0 Å². The number of nitrogens with zero attached hydrogens (tertiary/aromatic N) is 1. The van der Waals surface area contributed by atoms with E-state index in [9.17, 15) is 19.0 Å². The molecular formula is C42H83NO8P+. The number of esters is 2. The number of likely N-dealkylation sites (N-methyl/N-ethyl adjacent to an activating group) is 1. The average Bonchev–Trinajstić information content (AvgIpc) is 0.670. The summed E-state index contributed by atoms with van der Waals surface area (Å²) in [6, 6.07) is -5.84. The Morgan fingerprint density at radius 1 is 0.654 bits per heavy atom. The van der Waals surface area contributed by atoms with Gasteiger partial charge in [-0.05, 0) is 38.2 Å². The number of rotatable bonds is 39. The Morgan fingerprint density at radius 2 is 1.10 bits per heavy atom. The van der Waals surface area contributed by atoms with Crippen LogP contribution in [-0.4, -0.2) is 74.6 Å². The van der Waals surface area contributed by atoms with Crippen molar-refractivity contribution in [3.8, 4) is 0 Å².